The van der Waals surface area contributed by atoms with Gasteiger partial charge in [-0.15, -0.1) is 24.9 Å². The summed E-state index contributed by atoms with van der Waals surface area (Å²) in [5.41, 5.74) is 15.1. The van der Waals surface area contributed by atoms with Crippen LogP contribution >= 0.6 is 35.0 Å². The average Bonchev–Trinajstić information content (AvgIpc) is 2.51. The van der Waals surface area contributed by atoms with E-state index < -0.39 is 0 Å². The molecule has 2 unspecified atom stereocenters. The van der Waals surface area contributed by atoms with Gasteiger partial charge in [-0.3, -0.25) is 0 Å². The molecule has 0 spiro atoms. The minimum atomic E-state index is -0.109. The summed E-state index contributed by atoms with van der Waals surface area (Å²) in [4.78, 5) is 0. The predicted molar refractivity (Wildman–Crippen MR) is 105 cm³/mol. The first-order valence-electron chi connectivity index (χ1n) is 6.98. The molecule has 0 amide bonds. The number of halogens is 2. The zero-order chi connectivity index (χ0) is 17.0. The summed E-state index contributed by atoms with van der Waals surface area (Å²) in [5, 5.41) is 0.999. The molecular formula is C18H18Cl2N2S. The molecule has 2 aromatic carbocycles. The minimum absolute atomic E-state index is 0.109. The maximum absolute atomic E-state index is 6.32. The topological polar surface area (TPSA) is 52.0 Å². The summed E-state index contributed by atoms with van der Waals surface area (Å²) in [6, 6.07) is 10.9. The second kappa shape index (κ2) is 7.82. The molecular weight excluding hydrogens is 347 g/mol. The molecule has 2 rings (SSSR count). The van der Waals surface area contributed by atoms with E-state index in [1.54, 1.807) is 11.8 Å². The lowest BCUT2D eigenvalue weighted by atomic mass is 10.1. The number of nitrogen functional groups attached to an aromatic ring is 2. The van der Waals surface area contributed by atoms with Crippen molar-refractivity contribution in [3.63, 3.8) is 0 Å². The summed E-state index contributed by atoms with van der Waals surface area (Å²) in [7, 11) is 0. The Balaban J connectivity index is 2.40. The number of hydrogen-bond donors (Lipinski definition) is 2. The number of nitrogens with two attached hydrogens (primary N) is 2. The third kappa shape index (κ3) is 3.86. The molecule has 0 heterocycles. The van der Waals surface area contributed by atoms with Gasteiger partial charge in [-0.2, -0.15) is 0 Å². The van der Waals surface area contributed by atoms with Crippen LogP contribution in [0.1, 0.15) is 21.6 Å². The van der Waals surface area contributed by atoms with E-state index in [2.05, 4.69) is 13.2 Å². The highest BCUT2D eigenvalue weighted by molar-refractivity contribution is 8.00. The van der Waals surface area contributed by atoms with E-state index in [0.29, 0.717) is 21.4 Å². The smallest absolute Gasteiger partial charge is 0.0519 e. The molecule has 0 radical (unpaired) electrons. The average molecular weight is 365 g/mol. The van der Waals surface area contributed by atoms with Crippen molar-refractivity contribution in [3.05, 3.63) is 82.9 Å². The first-order chi connectivity index (χ1) is 11.0. The SMILES string of the molecule is C=CC(SC(C=C)c1c(N)cccc1Cl)c1c(N)cccc1Cl. The zero-order valence-electron chi connectivity index (χ0n) is 12.5. The first kappa shape index (κ1) is 17.8. The van der Waals surface area contributed by atoms with Crippen molar-refractivity contribution >= 4 is 46.3 Å². The molecule has 2 atom stereocenters. The predicted octanol–water partition coefficient (Wildman–Crippen LogP) is 6.05. The van der Waals surface area contributed by atoms with Crippen molar-refractivity contribution in [2.24, 2.45) is 0 Å². The summed E-state index contributed by atoms with van der Waals surface area (Å²) in [6.07, 6.45) is 3.62. The molecule has 0 fully saturated rings. The first-order valence-corrected chi connectivity index (χ1v) is 8.67. The Bertz CT molecular complexity index is 629. The van der Waals surface area contributed by atoms with Crippen molar-refractivity contribution in [1.82, 2.24) is 0 Å². The summed E-state index contributed by atoms with van der Waals surface area (Å²) < 4.78 is 0. The van der Waals surface area contributed by atoms with Gasteiger partial charge in [0.25, 0.3) is 0 Å². The largest absolute Gasteiger partial charge is 0.398 e. The molecule has 0 aromatic heterocycles. The standard InChI is InChI=1S/C18H18Cl2N2S/c1-3-15(17-11(19)7-5-9-13(17)21)23-16(4-2)18-12(20)8-6-10-14(18)22/h3-10,15-16H,1-2,21-22H2. The quantitative estimate of drug-likeness (QED) is 0.484. The van der Waals surface area contributed by atoms with E-state index >= 15 is 0 Å². The van der Waals surface area contributed by atoms with Crippen molar-refractivity contribution < 1.29 is 0 Å². The Morgan fingerprint density at radius 3 is 1.52 bits per heavy atom. The van der Waals surface area contributed by atoms with Gasteiger partial charge in [0.15, 0.2) is 0 Å². The molecule has 0 aliphatic rings. The second-order valence-electron chi connectivity index (χ2n) is 4.93. The molecule has 2 aromatic rings. The van der Waals surface area contributed by atoms with Crippen LogP contribution in [0, 0.1) is 0 Å². The number of benzene rings is 2. The van der Waals surface area contributed by atoms with Crippen LogP contribution in [0.15, 0.2) is 61.7 Å². The van der Waals surface area contributed by atoms with Crippen molar-refractivity contribution in [1.29, 1.82) is 0 Å². The van der Waals surface area contributed by atoms with Gasteiger partial charge in [0, 0.05) is 32.5 Å². The molecule has 0 saturated heterocycles. The number of thioether (sulfide) groups is 1. The van der Waals surface area contributed by atoms with E-state index in [9.17, 15) is 0 Å². The van der Waals surface area contributed by atoms with Gasteiger partial charge in [0.2, 0.25) is 0 Å². The number of anilines is 2. The maximum atomic E-state index is 6.32. The van der Waals surface area contributed by atoms with Crippen LogP contribution in [0.3, 0.4) is 0 Å². The van der Waals surface area contributed by atoms with Crippen LogP contribution in [0.5, 0.6) is 0 Å². The van der Waals surface area contributed by atoms with Gasteiger partial charge < -0.3 is 11.5 Å². The van der Waals surface area contributed by atoms with E-state index in [1.807, 2.05) is 48.6 Å². The van der Waals surface area contributed by atoms with Crippen LogP contribution in [0.2, 0.25) is 10.0 Å². The Morgan fingerprint density at radius 2 is 1.22 bits per heavy atom. The monoisotopic (exact) mass is 364 g/mol. The van der Waals surface area contributed by atoms with Crippen LogP contribution in [-0.2, 0) is 0 Å². The molecule has 5 heteroatoms. The molecule has 4 N–H and O–H groups in total. The van der Waals surface area contributed by atoms with Crippen LogP contribution in [0.4, 0.5) is 11.4 Å². The highest BCUT2D eigenvalue weighted by Gasteiger charge is 2.22. The fraction of sp³-hybridized carbons (Fsp3) is 0.111. The van der Waals surface area contributed by atoms with E-state index in [1.165, 1.54) is 0 Å². The van der Waals surface area contributed by atoms with Crippen LogP contribution in [-0.4, -0.2) is 0 Å². The molecule has 23 heavy (non-hydrogen) atoms. The van der Waals surface area contributed by atoms with Crippen molar-refractivity contribution in [3.8, 4) is 0 Å². The Morgan fingerprint density at radius 1 is 0.826 bits per heavy atom. The minimum Gasteiger partial charge on any atom is -0.398 e. The van der Waals surface area contributed by atoms with Gasteiger partial charge >= 0.3 is 0 Å². The lowest BCUT2D eigenvalue weighted by Gasteiger charge is -2.23. The van der Waals surface area contributed by atoms with E-state index in [0.717, 1.165) is 11.1 Å². The third-order valence-corrected chi connectivity index (χ3v) is 5.57. The lowest BCUT2D eigenvalue weighted by Crippen LogP contribution is -2.03. The van der Waals surface area contributed by atoms with Crippen LogP contribution < -0.4 is 11.5 Å². The van der Waals surface area contributed by atoms with Crippen molar-refractivity contribution in [2.75, 3.05) is 11.5 Å². The summed E-state index contributed by atoms with van der Waals surface area (Å²) in [5.74, 6) is 0. The number of hydrogen-bond acceptors (Lipinski definition) is 3. The highest BCUT2D eigenvalue weighted by atomic mass is 35.5. The van der Waals surface area contributed by atoms with Crippen LogP contribution in [0.25, 0.3) is 0 Å². The van der Waals surface area contributed by atoms with Crippen molar-refractivity contribution in [2.45, 2.75) is 10.5 Å². The fourth-order valence-corrected chi connectivity index (χ4v) is 4.41. The van der Waals surface area contributed by atoms with Gasteiger partial charge in [-0.05, 0) is 24.3 Å². The number of rotatable bonds is 6. The molecule has 120 valence electrons. The maximum Gasteiger partial charge on any atom is 0.0519 e. The summed E-state index contributed by atoms with van der Waals surface area (Å²) in [6.45, 7) is 7.82. The second-order valence-corrected chi connectivity index (χ2v) is 7.04. The van der Waals surface area contributed by atoms with E-state index in [-0.39, 0.29) is 10.5 Å². The third-order valence-electron chi connectivity index (χ3n) is 3.46. The van der Waals surface area contributed by atoms with Gasteiger partial charge in [-0.1, -0.05) is 47.5 Å². The Hall–Kier alpha value is -1.55. The normalized spacial score (nSPS) is 13.3. The fourth-order valence-electron chi connectivity index (χ4n) is 2.35. The molecule has 0 saturated carbocycles. The molecule has 0 aliphatic carbocycles. The Kier molecular flexibility index (Phi) is 6.05. The zero-order valence-corrected chi connectivity index (χ0v) is 14.8. The molecule has 0 aliphatic heterocycles. The molecule has 0 bridgehead atoms. The van der Waals surface area contributed by atoms with Gasteiger partial charge in [0.05, 0.1) is 10.5 Å². The lowest BCUT2D eigenvalue weighted by molar-refractivity contribution is 1.17. The van der Waals surface area contributed by atoms with E-state index in [4.69, 9.17) is 34.7 Å². The van der Waals surface area contributed by atoms with Gasteiger partial charge in [-0.25, -0.2) is 0 Å². The molecule has 2 nitrogen and oxygen atoms in total. The summed E-state index contributed by atoms with van der Waals surface area (Å²) >= 11 is 14.2. The highest BCUT2D eigenvalue weighted by Crippen LogP contribution is 2.48. The Labute approximate surface area is 151 Å². The van der Waals surface area contributed by atoms with Gasteiger partial charge in [0.1, 0.15) is 0 Å².